The molecule has 0 radical (unpaired) electrons. The number of hydrogen-bond acceptors (Lipinski definition) is 5. The number of likely N-dealkylation sites (N-methyl/N-ethyl adjacent to an activating group) is 1. The van der Waals surface area contributed by atoms with Crippen molar-refractivity contribution in [1.82, 2.24) is 9.80 Å². The Hall–Kier alpha value is -3.89. The second-order valence-electron chi connectivity index (χ2n) is 10.9. The first-order valence-electron chi connectivity index (χ1n) is 13.9. The van der Waals surface area contributed by atoms with E-state index in [1.165, 1.54) is 12.1 Å². The molecular weight excluding hydrogens is 547 g/mol. The van der Waals surface area contributed by atoms with Crippen molar-refractivity contribution in [3.8, 4) is 5.75 Å². The largest absolute Gasteiger partial charge is 0.488 e. The number of nitrogens with zero attached hydrogens (tertiary/aromatic N) is 2. The fourth-order valence-corrected chi connectivity index (χ4v) is 4.99. The number of halogens is 3. The number of rotatable bonds is 9. The van der Waals surface area contributed by atoms with Gasteiger partial charge in [0.15, 0.2) is 0 Å². The quantitative estimate of drug-likeness (QED) is 0.360. The minimum atomic E-state index is -4.39. The lowest BCUT2D eigenvalue weighted by Gasteiger charge is -2.38. The molecule has 10 heteroatoms. The highest BCUT2D eigenvalue weighted by atomic mass is 19.4. The molecule has 3 aromatic rings. The number of aliphatic hydroxyl groups excluding tert-OH is 1. The average molecular weight is 584 g/mol. The number of aliphatic hydroxyl groups is 1. The van der Waals surface area contributed by atoms with Crippen molar-refractivity contribution >= 4 is 17.5 Å². The molecule has 0 saturated heterocycles. The fraction of sp³-hybridized carbons (Fsp3) is 0.375. The molecule has 0 aliphatic carbocycles. The molecule has 7 nitrogen and oxygen atoms in total. The van der Waals surface area contributed by atoms with E-state index in [-0.39, 0.29) is 42.4 Å². The number of hydrogen-bond donors (Lipinski definition) is 2. The average Bonchev–Trinajstić information content (AvgIpc) is 2.95. The monoisotopic (exact) mass is 583 g/mol. The number of carbonyl (C=O) groups excluding carboxylic acids is 2. The maximum atomic E-state index is 13.7. The Kier molecular flexibility index (Phi) is 9.90. The van der Waals surface area contributed by atoms with E-state index < -0.39 is 17.8 Å². The molecule has 1 aliphatic rings. The summed E-state index contributed by atoms with van der Waals surface area (Å²) in [5, 5.41) is 12.8. The van der Waals surface area contributed by atoms with Crippen LogP contribution in [0.15, 0.2) is 72.8 Å². The number of fused-ring (bicyclic) bond motifs is 1. The Morgan fingerprint density at radius 1 is 1.10 bits per heavy atom. The zero-order chi connectivity index (χ0) is 30.4. The van der Waals surface area contributed by atoms with Crippen molar-refractivity contribution < 1.29 is 32.6 Å². The van der Waals surface area contributed by atoms with Gasteiger partial charge >= 0.3 is 6.18 Å². The maximum absolute atomic E-state index is 13.7. The Morgan fingerprint density at radius 3 is 2.43 bits per heavy atom. The highest BCUT2D eigenvalue weighted by Crippen LogP contribution is 2.32. The third kappa shape index (κ3) is 7.89. The van der Waals surface area contributed by atoms with Crippen molar-refractivity contribution in [3.05, 3.63) is 95.1 Å². The first kappa shape index (κ1) is 31.1. The van der Waals surface area contributed by atoms with Crippen LogP contribution in [0.1, 0.15) is 40.9 Å². The van der Waals surface area contributed by atoms with Gasteiger partial charge in [-0.05, 0) is 55.4 Å². The lowest BCUT2D eigenvalue weighted by Crippen LogP contribution is -2.49. The smallest absolute Gasteiger partial charge is 0.416 e. The van der Waals surface area contributed by atoms with Gasteiger partial charge < -0.3 is 20.1 Å². The van der Waals surface area contributed by atoms with Gasteiger partial charge in [-0.3, -0.25) is 14.5 Å². The minimum absolute atomic E-state index is 0.128. The lowest BCUT2D eigenvalue weighted by atomic mass is 9.99. The van der Waals surface area contributed by atoms with Crippen LogP contribution in [0.5, 0.6) is 5.75 Å². The van der Waals surface area contributed by atoms with Gasteiger partial charge in [0.1, 0.15) is 11.9 Å². The number of alkyl halides is 3. The van der Waals surface area contributed by atoms with Gasteiger partial charge in [-0.1, -0.05) is 49.4 Å². The van der Waals surface area contributed by atoms with Crippen molar-refractivity contribution in [2.24, 2.45) is 5.92 Å². The minimum Gasteiger partial charge on any atom is -0.488 e. The van der Waals surface area contributed by atoms with Crippen LogP contribution in [-0.4, -0.2) is 65.6 Å². The highest BCUT2D eigenvalue weighted by Gasteiger charge is 2.34. The van der Waals surface area contributed by atoms with Crippen molar-refractivity contribution in [2.45, 2.75) is 45.1 Å². The first-order chi connectivity index (χ1) is 19.9. The normalized spacial score (nSPS) is 18.1. The maximum Gasteiger partial charge on any atom is 0.416 e. The van der Waals surface area contributed by atoms with E-state index in [2.05, 4.69) is 5.32 Å². The molecule has 224 valence electrons. The van der Waals surface area contributed by atoms with Crippen LogP contribution >= 0.6 is 0 Å². The van der Waals surface area contributed by atoms with E-state index in [1.807, 2.05) is 49.2 Å². The zero-order valence-electron chi connectivity index (χ0n) is 23.9. The van der Waals surface area contributed by atoms with Crippen LogP contribution in [0.25, 0.3) is 0 Å². The molecule has 4 rings (SSSR count). The molecular formula is C32H36F3N3O4. The third-order valence-corrected chi connectivity index (χ3v) is 7.38. The molecule has 0 bridgehead atoms. The van der Waals surface area contributed by atoms with Gasteiger partial charge in [-0.15, -0.1) is 0 Å². The van der Waals surface area contributed by atoms with Gasteiger partial charge in [0.2, 0.25) is 5.91 Å². The Bertz CT molecular complexity index is 1370. The number of anilines is 1. The summed E-state index contributed by atoms with van der Waals surface area (Å²) in [6.07, 6.45) is -4.58. The summed E-state index contributed by atoms with van der Waals surface area (Å²) in [6, 6.07) is 18.9. The van der Waals surface area contributed by atoms with E-state index in [0.717, 1.165) is 23.3 Å². The summed E-state index contributed by atoms with van der Waals surface area (Å²) in [4.78, 5) is 29.9. The topological polar surface area (TPSA) is 82.1 Å². The first-order valence-corrected chi connectivity index (χ1v) is 13.9. The van der Waals surface area contributed by atoms with Crippen LogP contribution in [0, 0.1) is 5.92 Å². The van der Waals surface area contributed by atoms with E-state index >= 15 is 0 Å². The number of carbonyl (C=O) groups is 2. The number of benzene rings is 3. The molecule has 1 heterocycles. The zero-order valence-corrected chi connectivity index (χ0v) is 23.9. The summed E-state index contributed by atoms with van der Waals surface area (Å²) in [5.41, 5.74) is 1.62. The van der Waals surface area contributed by atoms with Gasteiger partial charge in [0.05, 0.1) is 30.2 Å². The molecule has 0 saturated carbocycles. The summed E-state index contributed by atoms with van der Waals surface area (Å²) < 4.78 is 45.3. The molecule has 42 heavy (non-hydrogen) atoms. The molecule has 1 aliphatic heterocycles. The summed E-state index contributed by atoms with van der Waals surface area (Å²) in [7, 11) is 1.86. The van der Waals surface area contributed by atoms with Crippen LogP contribution in [0.3, 0.4) is 0 Å². The summed E-state index contributed by atoms with van der Waals surface area (Å²) >= 11 is 0. The molecule has 3 atom stereocenters. The lowest BCUT2D eigenvalue weighted by molar-refractivity contribution is -0.137. The molecule has 0 fully saturated rings. The second kappa shape index (κ2) is 13.4. The predicted molar refractivity (Wildman–Crippen MR) is 154 cm³/mol. The molecule has 0 unspecified atom stereocenters. The van der Waals surface area contributed by atoms with E-state index in [1.54, 1.807) is 30.0 Å². The van der Waals surface area contributed by atoms with Crippen LogP contribution in [0.4, 0.5) is 18.9 Å². The van der Waals surface area contributed by atoms with Crippen LogP contribution in [0.2, 0.25) is 0 Å². The Morgan fingerprint density at radius 2 is 1.79 bits per heavy atom. The van der Waals surface area contributed by atoms with Crippen molar-refractivity contribution in [2.75, 3.05) is 32.1 Å². The fourth-order valence-electron chi connectivity index (χ4n) is 4.99. The second-order valence-corrected chi connectivity index (χ2v) is 10.9. The number of nitrogens with one attached hydrogen (secondary N) is 1. The van der Waals surface area contributed by atoms with Crippen molar-refractivity contribution in [3.63, 3.8) is 0 Å². The standard InChI is InChI=1S/C32H36F3N3O4/c1-21-17-38(22(2)20-39)31(41)27-16-26(36-30(40)15-23-7-5-4-6-8-23)13-14-28(27)42-29(21)19-37(3)18-24-9-11-25(12-10-24)32(33,34)35/h4-14,16,21-22,29,39H,15,17-20H2,1-3H3,(H,36,40)/t21-,22+,29-/m1/s1. The summed E-state index contributed by atoms with van der Waals surface area (Å²) in [5.74, 6) is -0.307. The number of ether oxygens (including phenoxy) is 1. The Balaban J connectivity index is 1.53. The predicted octanol–water partition coefficient (Wildman–Crippen LogP) is 5.24. The van der Waals surface area contributed by atoms with Gasteiger partial charge in [-0.2, -0.15) is 13.2 Å². The molecule has 0 spiro atoms. The highest BCUT2D eigenvalue weighted by molar-refractivity contribution is 6.00. The SMILES string of the molecule is C[C@@H]1CN([C@@H](C)CO)C(=O)c2cc(NC(=O)Cc3ccccc3)ccc2O[C@@H]1CN(C)Cc1ccc(C(F)(F)F)cc1. The van der Waals surface area contributed by atoms with Gasteiger partial charge in [0.25, 0.3) is 5.91 Å². The number of amides is 2. The molecule has 2 N–H and O–H groups in total. The molecule has 3 aromatic carbocycles. The summed E-state index contributed by atoms with van der Waals surface area (Å²) in [6.45, 7) is 4.67. The van der Waals surface area contributed by atoms with Crippen LogP contribution < -0.4 is 10.1 Å². The molecule has 0 aromatic heterocycles. The third-order valence-electron chi connectivity index (χ3n) is 7.38. The van der Waals surface area contributed by atoms with E-state index in [4.69, 9.17) is 4.74 Å². The van der Waals surface area contributed by atoms with E-state index in [9.17, 15) is 27.9 Å². The van der Waals surface area contributed by atoms with Gasteiger partial charge in [0, 0.05) is 31.2 Å². The Labute approximate surface area is 243 Å². The van der Waals surface area contributed by atoms with E-state index in [0.29, 0.717) is 31.1 Å². The molecule has 2 amide bonds. The van der Waals surface area contributed by atoms with Crippen molar-refractivity contribution in [1.29, 1.82) is 0 Å². The van der Waals surface area contributed by atoms with Gasteiger partial charge in [-0.25, -0.2) is 0 Å². The van der Waals surface area contributed by atoms with Crippen LogP contribution in [-0.2, 0) is 23.9 Å².